The van der Waals surface area contributed by atoms with Crippen molar-refractivity contribution in [1.29, 1.82) is 0 Å². The molecule has 2 bridgehead atoms. The van der Waals surface area contributed by atoms with Crippen LogP contribution in [0.25, 0.3) is 0 Å². The number of carbonyl (C=O) groups is 1. The van der Waals surface area contributed by atoms with Gasteiger partial charge in [0.1, 0.15) is 5.78 Å². The minimum atomic E-state index is -0.165. The van der Waals surface area contributed by atoms with E-state index < -0.39 is 0 Å². The molecule has 1 heterocycles. The first-order chi connectivity index (χ1) is 7.48. The normalized spacial score (nSPS) is 40.6. The lowest BCUT2D eigenvalue weighted by Crippen LogP contribution is -2.33. The second kappa shape index (κ2) is 2.73. The van der Waals surface area contributed by atoms with Crippen molar-refractivity contribution in [2.24, 2.45) is 16.7 Å². The second-order valence-electron chi connectivity index (χ2n) is 5.94. The Morgan fingerprint density at radius 3 is 2.69 bits per heavy atom. The van der Waals surface area contributed by atoms with Gasteiger partial charge in [-0.1, -0.05) is 20.8 Å². The van der Waals surface area contributed by atoms with E-state index in [0.29, 0.717) is 11.7 Å². The number of hydrogen-bond acceptors (Lipinski definition) is 3. The Morgan fingerprint density at radius 2 is 2.19 bits per heavy atom. The number of fused-ring (bicyclic) bond motifs is 2. The molecule has 3 unspecified atom stereocenters. The predicted molar refractivity (Wildman–Crippen MR) is 58.7 cm³/mol. The molecule has 16 heavy (non-hydrogen) atoms. The summed E-state index contributed by atoms with van der Waals surface area (Å²) >= 11 is 0. The van der Waals surface area contributed by atoms with Crippen LogP contribution in [-0.4, -0.2) is 21.2 Å². The average Bonchev–Trinajstić information content (AvgIpc) is 2.83. The van der Waals surface area contributed by atoms with Crippen molar-refractivity contribution in [3.8, 4) is 0 Å². The van der Waals surface area contributed by atoms with Gasteiger partial charge < -0.3 is 0 Å². The molecule has 0 radical (unpaired) electrons. The zero-order valence-electron chi connectivity index (χ0n) is 9.95. The number of aromatic amines is 1. The fourth-order valence-electron chi connectivity index (χ4n) is 3.79. The maximum atomic E-state index is 12.5. The molecular formula is C12H17N3O. The van der Waals surface area contributed by atoms with Gasteiger partial charge in [0, 0.05) is 5.41 Å². The number of H-pyrrole nitrogens is 1. The largest absolute Gasteiger partial charge is 0.298 e. The van der Waals surface area contributed by atoms with Crippen LogP contribution >= 0.6 is 0 Å². The molecule has 2 fully saturated rings. The zero-order chi connectivity index (χ0) is 11.6. The summed E-state index contributed by atoms with van der Waals surface area (Å²) in [7, 11) is 0. The molecule has 86 valence electrons. The van der Waals surface area contributed by atoms with Crippen LogP contribution in [0.4, 0.5) is 0 Å². The van der Waals surface area contributed by atoms with Crippen molar-refractivity contribution in [2.75, 3.05) is 0 Å². The van der Waals surface area contributed by atoms with Crippen LogP contribution < -0.4 is 0 Å². The molecular weight excluding hydrogens is 202 g/mol. The number of nitrogens with one attached hydrogen (secondary N) is 1. The van der Waals surface area contributed by atoms with Crippen LogP contribution in [0.3, 0.4) is 0 Å². The first kappa shape index (κ1) is 10.00. The van der Waals surface area contributed by atoms with Gasteiger partial charge in [0.2, 0.25) is 0 Å². The molecule has 3 rings (SSSR count). The van der Waals surface area contributed by atoms with E-state index in [9.17, 15) is 4.79 Å². The molecule has 2 aliphatic rings. The molecule has 0 aromatic carbocycles. The average molecular weight is 219 g/mol. The Hall–Kier alpha value is -1.19. The maximum absolute atomic E-state index is 12.5. The first-order valence-corrected chi connectivity index (χ1v) is 5.88. The van der Waals surface area contributed by atoms with Gasteiger partial charge in [0.05, 0.1) is 17.8 Å². The Balaban J connectivity index is 2.10. The highest BCUT2D eigenvalue weighted by atomic mass is 16.1. The summed E-state index contributed by atoms with van der Waals surface area (Å²) in [6.45, 7) is 6.57. The third-order valence-corrected chi connectivity index (χ3v) is 5.29. The fourth-order valence-corrected chi connectivity index (χ4v) is 3.79. The van der Waals surface area contributed by atoms with Gasteiger partial charge >= 0.3 is 0 Å². The number of aromatic nitrogens is 3. The van der Waals surface area contributed by atoms with E-state index in [1.807, 2.05) is 0 Å². The standard InChI is InChI=1S/C12H17N3O/c1-11(2)7-4-5-12(11,3)10(16)9(7)8-6-13-15-14-8/h6-7,9H,4-5H2,1-3H3,(H,13,14,15). The van der Waals surface area contributed by atoms with Crippen molar-refractivity contribution in [3.63, 3.8) is 0 Å². The lowest BCUT2D eigenvalue weighted by atomic mass is 9.70. The zero-order valence-corrected chi connectivity index (χ0v) is 9.95. The first-order valence-electron chi connectivity index (χ1n) is 5.88. The summed E-state index contributed by atoms with van der Waals surface area (Å²) < 4.78 is 0. The van der Waals surface area contributed by atoms with Crippen LogP contribution in [0.2, 0.25) is 0 Å². The van der Waals surface area contributed by atoms with E-state index in [0.717, 1.165) is 18.5 Å². The molecule has 4 nitrogen and oxygen atoms in total. The van der Waals surface area contributed by atoms with Crippen LogP contribution in [0, 0.1) is 16.7 Å². The van der Waals surface area contributed by atoms with Gasteiger partial charge in [0.15, 0.2) is 0 Å². The Bertz CT molecular complexity index is 437. The lowest BCUT2D eigenvalue weighted by molar-refractivity contribution is -0.129. The minimum Gasteiger partial charge on any atom is -0.298 e. The topological polar surface area (TPSA) is 58.6 Å². The van der Waals surface area contributed by atoms with Crippen molar-refractivity contribution in [2.45, 2.75) is 39.5 Å². The molecule has 0 spiro atoms. The van der Waals surface area contributed by atoms with E-state index in [1.54, 1.807) is 6.20 Å². The number of nitrogens with zero attached hydrogens (tertiary/aromatic N) is 2. The number of Topliss-reactive ketones (excluding diaryl/α,β-unsaturated/α-hetero) is 1. The summed E-state index contributed by atoms with van der Waals surface area (Å²) in [5.41, 5.74) is 0.751. The van der Waals surface area contributed by atoms with E-state index in [-0.39, 0.29) is 16.7 Å². The van der Waals surface area contributed by atoms with Crippen LogP contribution in [0.15, 0.2) is 6.20 Å². The highest BCUT2D eigenvalue weighted by Crippen LogP contribution is 2.67. The maximum Gasteiger partial charge on any atom is 0.148 e. The van der Waals surface area contributed by atoms with E-state index >= 15 is 0 Å². The summed E-state index contributed by atoms with van der Waals surface area (Å²) in [6.07, 6.45) is 3.85. The van der Waals surface area contributed by atoms with Gasteiger partial charge in [-0.05, 0) is 24.2 Å². The van der Waals surface area contributed by atoms with Gasteiger partial charge in [0.25, 0.3) is 0 Å². The third-order valence-electron chi connectivity index (χ3n) is 5.29. The molecule has 2 saturated carbocycles. The van der Waals surface area contributed by atoms with Crippen molar-refractivity contribution < 1.29 is 4.79 Å². The number of rotatable bonds is 1. The predicted octanol–water partition coefficient (Wildman–Crippen LogP) is 1.91. The smallest absolute Gasteiger partial charge is 0.148 e. The van der Waals surface area contributed by atoms with Gasteiger partial charge in [-0.3, -0.25) is 4.79 Å². The SMILES string of the molecule is CC12CCC(C(c3cn[nH]n3)C1=O)C2(C)C. The molecule has 0 saturated heterocycles. The fraction of sp³-hybridized carbons (Fsp3) is 0.750. The summed E-state index contributed by atoms with van der Waals surface area (Å²) in [5.74, 6) is 0.755. The van der Waals surface area contributed by atoms with Gasteiger partial charge in [-0.15, -0.1) is 0 Å². The molecule has 3 atom stereocenters. The molecule has 0 amide bonds. The van der Waals surface area contributed by atoms with E-state index in [4.69, 9.17) is 0 Å². The molecule has 2 aliphatic carbocycles. The number of carbonyl (C=O) groups excluding carboxylic acids is 1. The molecule has 4 heteroatoms. The van der Waals surface area contributed by atoms with E-state index in [1.165, 1.54) is 0 Å². The lowest BCUT2D eigenvalue weighted by Gasteiger charge is -2.32. The van der Waals surface area contributed by atoms with Gasteiger partial charge in [-0.25, -0.2) is 0 Å². The molecule has 1 N–H and O–H groups in total. The number of ketones is 1. The van der Waals surface area contributed by atoms with Crippen molar-refractivity contribution >= 4 is 5.78 Å². The monoisotopic (exact) mass is 219 g/mol. The Morgan fingerprint density at radius 1 is 1.44 bits per heavy atom. The Labute approximate surface area is 94.8 Å². The van der Waals surface area contributed by atoms with E-state index in [2.05, 4.69) is 36.2 Å². The Kier molecular flexibility index (Phi) is 1.71. The summed E-state index contributed by atoms with van der Waals surface area (Å²) in [4.78, 5) is 12.5. The quantitative estimate of drug-likeness (QED) is 0.785. The van der Waals surface area contributed by atoms with Crippen LogP contribution in [0.1, 0.15) is 45.2 Å². The van der Waals surface area contributed by atoms with Crippen molar-refractivity contribution in [1.82, 2.24) is 15.4 Å². The summed E-state index contributed by atoms with van der Waals surface area (Å²) in [6, 6.07) is 0. The van der Waals surface area contributed by atoms with Crippen LogP contribution in [0.5, 0.6) is 0 Å². The highest BCUT2D eigenvalue weighted by Gasteiger charge is 2.66. The van der Waals surface area contributed by atoms with Crippen LogP contribution in [-0.2, 0) is 4.79 Å². The number of hydrogen-bond donors (Lipinski definition) is 1. The second-order valence-corrected chi connectivity index (χ2v) is 5.94. The molecule has 1 aromatic heterocycles. The minimum absolute atomic E-state index is 0.0347. The summed E-state index contributed by atoms with van der Waals surface area (Å²) in [5, 5.41) is 10.5. The molecule has 0 aliphatic heterocycles. The third kappa shape index (κ3) is 0.890. The highest BCUT2D eigenvalue weighted by molar-refractivity contribution is 5.95. The molecule has 1 aromatic rings. The van der Waals surface area contributed by atoms with Gasteiger partial charge in [-0.2, -0.15) is 15.4 Å². The van der Waals surface area contributed by atoms with Crippen molar-refractivity contribution in [3.05, 3.63) is 11.9 Å².